The smallest absolute Gasteiger partial charge is 0.191 e. The predicted molar refractivity (Wildman–Crippen MR) is 106 cm³/mol. The van der Waals surface area contributed by atoms with E-state index >= 15 is 0 Å². The van der Waals surface area contributed by atoms with Gasteiger partial charge in [-0.3, -0.25) is 4.99 Å². The number of nitrogens with one attached hydrogen (secondary N) is 2. The fourth-order valence-corrected chi connectivity index (χ4v) is 5.06. The highest BCUT2D eigenvalue weighted by molar-refractivity contribution is 7.11. The summed E-state index contributed by atoms with van der Waals surface area (Å²) in [5, 5.41) is 8.38. The van der Waals surface area contributed by atoms with E-state index in [4.69, 9.17) is 9.41 Å². The van der Waals surface area contributed by atoms with Crippen LogP contribution in [0.4, 0.5) is 0 Å². The number of guanidine groups is 1. The third-order valence-corrected chi connectivity index (χ3v) is 6.54. The first-order valence-corrected chi connectivity index (χ1v) is 10.6. The van der Waals surface area contributed by atoms with Crippen LogP contribution in [0.1, 0.15) is 41.3 Å². The molecule has 0 saturated heterocycles. The van der Waals surface area contributed by atoms with E-state index in [9.17, 15) is 0 Å². The van der Waals surface area contributed by atoms with Crippen LogP contribution >= 0.6 is 11.3 Å². The summed E-state index contributed by atoms with van der Waals surface area (Å²) in [6.45, 7) is 3.70. The Balaban J connectivity index is 1.32. The normalized spacial score (nSPS) is 25.0. The minimum atomic E-state index is 0.589. The van der Waals surface area contributed by atoms with Crippen molar-refractivity contribution in [2.75, 3.05) is 13.1 Å². The summed E-state index contributed by atoms with van der Waals surface area (Å²) in [6, 6.07) is 4.55. The third kappa shape index (κ3) is 4.47. The van der Waals surface area contributed by atoms with Gasteiger partial charge in [0.05, 0.1) is 11.3 Å². The summed E-state index contributed by atoms with van der Waals surface area (Å²) in [5.41, 5.74) is 0. The van der Waals surface area contributed by atoms with Gasteiger partial charge in [-0.2, -0.15) is 0 Å². The standard InChI is InChI=1S/C20H28N4OS/c1-14-13-23-19(26-14)7-9-22-20(21-8-6-17-3-2-10-25-17)24-18-12-15-4-5-16(18)11-15/h2-3,10,13,15-16,18H,4-9,11-12H2,1H3,(H2,21,22,24). The van der Waals surface area contributed by atoms with Crippen LogP contribution in [0.2, 0.25) is 0 Å². The number of aryl methyl sites for hydroxylation is 1. The Morgan fingerprint density at radius 2 is 2.31 bits per heavy atom. The Morgan fingerprint density at radius 1 is 1.35 bits per heavy atom. The highest BCUT2D eigenvalue weighted by atomic mass is 32.1. The van der Waals surface area contributed by atoms with Crippen LogP contribution in [0.5, 0.6) is 0 Å². The van der Waals surface area contributed by atoms with Crippen molar-refractivity contribution < 1.29 is 4.42 Å². The van der Waals surface area contributed by atoms with Gasteiger partial charge in [-0.15, -0.1) is 11.3 Å². The maximum absolute atomic E-state index is 5.42. The molecule has 5 nitrogen and oxygen atoms in total. The van der Waals surface area contributed by atoms with Crippen molar-refractivity contribution in [3.05, 3.63) is 40.2 Å². The first-order valence-electron chi connectivity index (χ1n) is 9.75. The zero-order valence-corrected chi connectivity index (χ0v) is 16.2. The topological polar surface area (TPSA) is 62.5 Å². The predicted octanol–water partition coefficient (Wildman–Crippen LogP) is 3.55. The van der Waals surface area contributed by atoms with E-state index in [1.807, 2.05) is 18.3 Å². The lowest BCUT2D eigenvalue weighted by molar-refractivity contribution is 0.387. The molecule has 3 unspecified atom stereocenters. The van der Waals surface area contributed by atoms with Crippen LogP contribution in [-0.4, -0.2) is 30.1 Å². The third-order valence-electron chi connectivity index (χ3n) is 5.57. The average Bonchev–Trinajstić information content (AvgIpc) is 3.40. The van der Waals surface area contributed by atoms with Gasteiger partial charge < -0.3 is 15.1 Å². The van der Waals surface area contributed by atoms with E-state index in [2.05, 4.69) is 22.5 Å². The molecule has 2 bridgehead atoms. The number of thiazole rings is 1. The molecule has 2 N–H and O–H groups in total. The highest BCUT2D eigenvalue weighted by Gasteiger charge is 2.39. The molecule has 2 fully saturated rings. The van der Waals surface area contributed by atoms with Gasteiger partial charge in [-0.25, -0.2) is 4.98 Å². The van der Waals surface area contributed by atoms with Crippen LogP contribution in [0.15, 0.2) is 34.0 Å². The molecule has 3 atom stereocenters. The molecule has 26 heavy (non-hydrogen) atoms. The summed E-state index contributed by atoms with van der Waals surface area (Å²) in [4.78, 5) is 10.5. The summed E-state index contributed by atoms with van der Waals surface area (Å²) < 4.78 is 5.42. The molecule has 0 aromatic carbocycles. The molecular formula is C20H28N4OS. The maximum Gasteiger partial charge on any atom is 0.191 e. The molecule has 0 amide bonds. The van der Waals surface area contributed by atoms with Crippen molar-refractivity contribution in [3.8, 4) is 0 Å². The lowest BCUT2D eigenvalue weighted by atomic mass is 9.95. The second-order valence-corrected chi connectivity index (χ2v) is 8.85. The van der Waals surface area contributed by atoms with Crippen LogP contribution < -0.4 is 10.6 Å². The number of hydrogen-bond acceptors (Lipinski definition) is 4. The molecule has 4 rings (SSSR count). The van der Waals surface area contributed by atoms with Crippen molar-refractivity contribution in [1.82, 2.24) is 15.6 Å². The zero-order valence-electron chi connectivity index (χ0n) is 15.4. The first kappa shape index (κ1) is 17.6. The maximum atomic E-state index is 5.42. The molecule has 0 aliphatic heterocycles. The zero-order chi connectivity index (χ0) is 17.8. The second kappa shape index (κ2) is 8.25. The van der Waals surface area contributed by atoms with Crippen LogP contribution in [0, 0.1) is 18.8 Å². The average molecular weight is 373 g/mol. The molecule has 2 heterocycles. The van der Waals surface area contributed by atoms with E-state index in [0.717, 1.165) is 49.5 Å². The van der Waals surface area contributed by atoms with Gasteiger partial charge in [0.25, 0.3) is 0 Å². The lowest BCUT2D eigenvalue weighted by Gasteiger charge is -2.25. The van der Waals surface area contributed by atoms with Gasteiger partial charge in [0, 0.05) is 43.0 Å². The van der Waals surface area contributed by atoms with Crippen molar-refractivity contribution in [3.63, 3.8) is 0 Å². The quantitative estimate of drug-likeness (QED) is 0.576. The van der Waals surface area contributed by atoms with Crippen molar-refractivity contribution >= 4 is 17.3 Å². The second-order valence-electron chi connectivity index (χ2n) is 7.53. The van der Waals surface area contributed by atoms with Gasteiger partial charge in [-0.05, 0) is 50.2 Å². The van der Waals surface area contributed by atoms with Gasteiger partial charge in [0.1, 0.15) is 5.76 Å². The molecule has 2 aromatic rings. The summed E-state index contributed by atoms with van der Waals surface area (Å²) in [7, 11) is 0. The van der Waals surface area contributed by atoms with Gasteiger partial charge >= 0.3 is 0 Å². The lowest BCUT2D eigenvalue weighted by Crippen LogP contribution is -2.46. The van der Waals surface area contributed by atoms with Crippen LogP contribution in [0.25, 0.3) is 0 Å². The molecule has 140 valence electrons. The number of aromatic nitrogens is 1. The Kier molecular flexibility index (Phi) is 5.58. The minimum Gasteiger partial charge on any atom is -0.469 e. The van der Waals surface area contributed by atoms with Crippen molar-refractivity contribution in [2.45, 2.75) is 51.5 Å². The van der Waals surface area contributed by atoms with Crippen LogP contribution in [0.3, 0.4) is 0 Å². The van der Waals surface area contributed by atoms with Crippen molar-refractivity contribution in [2.24, 2.45) is 16.8 Å². The number of fused-ring (bicyclic) bond motifs is 2. The Labute approximate surface area is 159 Å². The number of hydrogen-bond donors (Lipinski definition) is 2. The summed E-state index contributed by atoms with van der Waals surface area (Å²) >= 11 is 1.76. The Hall–Kier alpha value is -1.82. The fraction of sp³-hybridized carbons (Fsp3) is 0.600. The minimum absolute atomic E-state index is 0.589. The molecule has 2 aliphatic carbocycles. The molecule has 0 spiro atoms. The van der Waals surface area contributed by atoms with Crippen LogP contribution in [-0.2, 0) is 12.8 Å². The van der Waals surface area contributed by atoms with E-state index in [-0.39, 0.29) is 0 Å². The van der Waals surface area contributed by atoms with Crippen molar-refractivity contribution in [1.29, 1.82) is 0 Å². The molecule has 6 heteroatoms. The molecule has 2 aromatic heterocycles. The molecule has 0 radical (unpaired) electrons. The van der Waals surface area contributed by atoms with E-state index < -0.39 is 0 Å². The van der Waals surface area contributed by atoms with Gasteiger partial charge in [0.15, 0.2) is 5.96 Å². The number of nitrogens with zero attached hydrogens (tertiary/aromatic N) is 2. The molecular weight excluding hydrogens is 344 g/mol. The van der Waals surface area contributed by atoms with E-state index in [0.29, 0.717) is 6.04 Å². The highest BCUT2D eigenvalue weighted by Crippen LogP contribution is 2.44. The number of furan rings is 1. The van der Waals surface area contributed by atoms with E-state index in [1.165, 1.54) is 35.6 Å². The number of aliphatic imine (C=N–C) groups is 1. The van der Waals surface area contributed by atoms with Gasteiger partial charge in [-0.1, -0.05) is 6.42 Å². The largest absolute Gasteiger partial charge is 0.469 e. The van der Waals surface area contributed by atoms with Gasteiger partial charge in [0.2, 0.25) is 0 Å². The number of rotatable bonds is 7. The first-order chi connectivity index (χ1) is 12.8. The summed E-state index contributed by atoms with van der Waals surface area (Å²) in [6.07, 6.45) is 10.9. The summed E-state index contributed by atoms with van der Waals surface area (Å²) in [5.74, 6) is 3.72. The Morgan fingerprint density at radius 3 is 3.00 bits per heavy atom. The molecule has 2 saturated carbocycles. The monoisotopic (exact) mass is 372 g/mol. The Bertz CT molecular complexity index is 724. The van der Waals surface area contributed by atoms with E-state index in [1.54, 1.807) is 17.6 Å². The fourth-order valence-electron chi connectivity index (χ4n) is 4.29. The SMILES string of the molecule is Cc1cnc(CCN=C(NCCc2ccco2)NC2CC3CCC2C3)s1. The molecule has 2 aliphatic rings.